The SMILES string of the molecule is N[C@H](Cc1ccc(Cl)cc1)C(=O)Nc1nnc(-c2ccncc2)[nH]1. The number of nitrogens with zero attached hydrogens (tertiary/aromatic N) is 3. The zero-order chi connectivity index (χ0) is 16.9. The molecule has 0 unspecified atom stereocenters. The van der Waals surface area contributed by atoms with Crippen molar-refractivity contribution >= 4 is 23.5 Å². The van der Waals surface area contributed by atoms with Gasteiger partial charge in [-0.05, 0) is 36.2 Å². The number of nitrogens with one attached hydrogen (secondary N) is 2. The Bertz CT molecular complexity index is 818. The van der Waals surface area contributed by atoms with Crippen molar-refractivity contribution in [3.63, 3.8) is 0 Å². The van der Waals surface area contributed by atoms with Crippen molar-refractivity contribution in [2.24, 2.45) is 5.73 Å². The summed E-state index contributed by atoms with van der Waals surface area (Å²) in [5.74, 6) is 0.444. The number of hydrogen-bond acceptors (Lipinski definition) is 5. The molecule has 0 spiro atoms. The van der Waals surface area contributed by atoms with Gasteiger partial charge in [0.05, 0.1) is 6.04 Å². The lowest BCUT2D eigenvalue weighted by atomic mass is 10.1. The minimum atomic E-state index is -0.708. The Labute approximate surface area is 143 Å². The third kappa shape index (κ3) is 3.95. The second-order valence-corrected chi connectivity index (χ2v) is 5.62. The van der Waals surface area contributed by atoms with Crippen LogP contribution in [0.5, 0.6) is 0 Å². The first-order chi connectivity index (χ1) is 11.6. The number of halogens is 1. The fourth-order valence-corrected chi connectivity index (χ4v) is 2.26. The van der Waals surface area contributed by atoms with Gasteiger partial charge in [-0.25, -0.2) is 0 Å². The number of pyridine rings is 1. The molecule has 122 valence electrons. The van der Waals surface area contributed by atoms with Gasteiger partial charge in [0.25, 0.3) is 0 Å². The van der Waals surface area contributed by atoms with E-state index >= 15 is 0 Å². The highest BCUT2D eigenvalue weighted by atomic mass is 35.5. The average Bonchev–Trinajstić information content (AvgIpc) is 3.06. The number of amides is 1. The van der Waals surface area contributed by atoms with Crippen LogP contribution >= 0.6 is 11.6 Å². The number of carbonyl (C=O) groups excluding carboxylic acids is 1. The highest BCUT2D eigenvalue weighted by Gasteiger charge is 2.16. The molecule has 0 saturated carbocycles. The molecule has 0 aliphatic heterocycles. The monoisotopic (exact) mass is 342 g/mol. The van der Waals surface area contributed by atoms with Crippen LogP contribution in [0, 0.1) is 0 Å². The van der Waals surface area contributed by atoms with Crippen molar-refractivity contribution in [1.82, 2.24) is 20.2 Å². The third-order valence-electron chi connectivity index (χ3n) is 3.39. The first-order valence-corrected chi connectivity index (χ1v) is 7.63. The summed E-state index contributed by atoms with van der Waals surface area (Å²) < 4.78 is 0. The van der Waals surface area contributed by atoms with E-state index in [9.17, 15) is 4.79 Å². The van der Waals surface area contributed by atoms with Gasteiger partial charge in [0.2, 0.25) is 11.9 Å². The molecule has 2 heterocycles. The third-order valence-corrected chi connectivity index (χ3v) is 3.64. The number of aromatic nitrogens is 4. The van der Waals surface area contributed by atoms with Gasteiger partial charge < -0.3 is 10.7 Å². The lowest BCUT2D eigenvalue weighted by Crippen LogP contribution is -2.37. The van der Waals surface area contributed by atoms with E-state index < -0.39 is 6.04 Å². The van der Waals surface area contributed by atoms with Gasteiger partial charge >= 0.3 is 0 Å². The Balaban J connectivity index is 1.62. The molecular weight excluding hydrogens is 328 g/mol. The number of carbonyl (C=O) groups is 1. The minimum absolute atomic E-state index is 0.248. The molecule has 8 heteroatoms. The van der Waals surface area contributed by atoms with E-state index in [4.69, 9.17) is 17.3 Å². The predicted octanol–water partition coefficient (Wildman–Crippen LogP) is 2.03. The highest BCUT2D eigenvalue weighted by Crippen LogP contribution is 2.15. The fourth-order valence-electron chi connectivity index (χ4n) is 2.13. The fraction of sp³-hybridized carbons (Fsp3) is 0.125. The van der Waals surface area contributed by atoms with E-state index in [0.717, 1.165) is 11.1 Å². The second kappa shape index (κ2) is 7.20. The molecule has 7 nitrogen and oxygen atoms in total. The topological polar surface area (TPSA) is 110 Å². The van der Waals surface area contributed by atoms with Crippen molar-refractivity contribution < 1.29 is 4.79 Å². The predicted molar refractivity (Wildman–Crippen MR) is 91.4 cm³/mol. The Morgan fingerprint density at radius 2 is 1.88 bits per heavy atom. The van der Waals surface area contributed by atoms with Crippen LogP contribution in [0.3, 0.4) is 0 Å². The number of benzene rings is 1. The molecule has 0 radical (unpaired) electrons. The molecular formula is C16H15ClN6O. The minimum Gasteiger partial charge on any atom is -0.320 e. The molecule has 1 atom stereocenters. The van der Waals surface area contributed by atoms with Gasteiger partial charge in [0, 0.05) is 23.0 Å². The first-order valence-electron chi connectivity index (χ1n) is 7.26. The Morgan fingerprint density at radius 1 is 1.17 bits per heavy atom. The Kier molecular flexibility index (Phi) is 4.83. The van der Waals surface area contributed by atoms with Gasteiger partial charge in [-0.2, -0.15) is 0 Å². The quantitative estimate of drug-likeness (QED) is 0.657. The average molecular weight is 343 g/mol. The summed E-state index contributed by atoms with van der Waals surface area (Å²) in [6, 6.07) is 10.1. The maximum Gasteiger partial charge on any atom is 0.243 e. The van der Waals surface area contributed by atoms with E-state index in [2.05, 4.69) is 25.5 Å². The van der Waals surface area contributed by atoms with Crippen molar-refractivity contribution in [3.05, 3.63) is 59.4 Å². The summed E-state index contributed by atoms with van der Waals surface area (Å²) in [6.07, 6.45) is 3.70. The summed E-state index contributed by atoms with van der Waals surface area (Å²) in [4.78, 5) is 19.0. The van der Waals surface area contributed by atoms with Crippen molar-refractivity contribution in [3.8, 4) is 11.4 Å². The standard InChI is InChI=1S/C16H15ClN6O/c17-12-3-1-10(2-4-12)9-13(18)15(24)21-16-20-14(22-23-16)11-5-7-19-8-6-11/h1-8,13H,9,18H2,(H2,20,21,22,23,24)/t13-/m1/s1. The summed E-state index contributed by atoms with van der Waals surface area (Å²) in [5, 5.41) is 11.2. The number of nitrogens with two attached hydrogens (primary N) is 1. The van der Waals surface area contributed by atoms with Crippen LogP contribution < -0.4 is 11.1 Å². The second-order valence-electron chi connectivity index (χ2n) is 5.18. The summed E-state index contributed by atoms with van der Waals surface area (Å²) in [5.41, 5.74) is 7.69. The van der Waals surface area contributed by atoms with Gasteiger partial charge in [-0.3, -0.25) is 15.1 Å². The Hall–Kier alpha value is -2.77. The van der Waals surface area contributed by atoms with Crippen LogP contribution in [-0.2, 0) is 11.2 Å². The molecule has 0 bridgehead atoms. The molecule has 3 rings (SSSR count). The molecule has 3 aromatic rings. The largest absolute Gasteiger partial charge is 0.320 e. The first kappa shape index (κ1) is 16.1. The van der Waals surface area contributed by atoms with Gasteiger partial charge in [0.15, 0.2) is 5.82 Å². The maximum atomic E-state index is 12.2. The van der Waals surface area contributed by atoms with Crippen LogP contribution in [0.4, 0.5) is 5.95 Å². The number of hydrogen-bond donors (Lipinski definition) is 3. The molecule has 24 heavy (non-hydrogen) atoms. The molecule has 0 saturated heterocycles. The normalized spacial score (nSPS) is 11.9. The zero-order valence-corrected chi connectivity index (χ0v) is 13.4. The highest BCUT2D eigenvalue weighted by molar-refractivity contribution is 6.30. The summed E-state index contributed by atoms with van der Waals surface area (Å²) >= 11 is 5.84. The van der Waals surface area contributed by atoms with Crippen molar-refractivity contribution in [1.29, 1.82) is 0 Å². The number of aromatic amines is 1. The molecule has 1 aromatic carbocycles. The number of H-pyrrole nitrogens is 1. The van der Waals surface area contributed by atoms with Crippen LogP contribution in [0.25, 0.3) is 11.4 Å². The molecule has 1 amide bonds. The summed E-state index contributed by atoms with van der Waals surface area (Å²) in [7, 11) is 0. The van der Waals surface area contributed by atoms with E-state index in [0.29, 0.717) is 17.3 Å². The lowest BCUT2D eigenvalue weighted by Gasteiger charge is -2.10. The zero-order valence-electron chi connectivity index (χ0n) is 12.6. The number of anilines is 1. The summed E-state index contributed by atoms with van der Waals surface area (Å²) in [6.45, 7) is 0. The van der Waals surface area contributed by atoms with Gasteiger partial charge in [0.1, 0.15) is 0 Å². The van der Waals surface area contributed by atoms with Crippen LogP contribution in [0.2, 0.25) is 5.02 Å². The van der Waals surface area contributed by atoms with Crippen LogP contribution in [-0.4, -0.2) is 32.1 Å². The van der Waals surface area contributed by atoms with E-state index in [1.54, 1.807) is 36.7 Å². The molecule has 2 aromatic heterocycles. The van der Waals surface area contributed by atoms with E-state index in [1.165, 1.54) is 0 Å². The Morgan fingerprint density at radius 3 is 2.58 bits per heavy atom. The maximum absolute atomic E-state index is 12.2. The molecule has 0 aliphatic carbocycles. The van der Waals surface area contributed by atoms with Crippen LogP contribution in [0.15, 0.2) is 48.8 Å². The van der Waals surface area contributed by atoms with Crippen molar-refractivity contribution in [2.45, 2.75) is 12.5 Å². The number of rotatable bonds is 5. The van der Waals surface area contributed by atoms with Gasteiger partial charge in [-0.15, -0.1) is 10.2 Å². The smallest absolute Gasteiger partial charge is 0.243 e. The van der Waals surface area contributed by atoms with E-state index in [-0.39, 0.29) is 11.9 Å². The molecule has 0 aliphatic rings. The van der Waals surface area contributed by atoms with Crippen LogP contribution in [0.1, 0.15) is 5.56 Å². The van der Waals surface area contributed by atoms with E-state index in [1.807, 2.05) is 12.1 Å². The van der Waals surface area contributed by atoms with Gasteiger partial charge in [-0.1, -0.05) is 23.7 Å². The molecule has 4 N–H and O–H groups in total. The lowest BCUT2D eigenvalue weighted by molar-refractivity contribution is -0.117. The molecule has 0 fully saturated rings. The van der Waals surface area contributed by atoms with Crippen molar-refractivity contribution in [2.75, 3.05) is 5.32 Å².